The Bertz CT molecular complexity index is 2660. The molecular formula is C43H25NOS. The van der Waals surface area contributed by atoms with Gasteiger partial charge in [-0.2, -0.15) is 0 Å². The third-order valence-corrected chi connectivity index (χ3v) is 10.4. The summed E-state index contributed by atoms with van der Waals surface area (Å²) in [5.41, 5.74) is 10.8. The Kier molecular flexibility index (Phi) is 5.48. The molecule has 3 heteroatoms. The van der Waals surface area contributed by atoms with Crippen LogP contribution in [0.4, 0.5) is 0 Å². The number of thiophene rings is 1. The van der Waals surface area contributed by atoms with Gasteiger partial charge in [-0.1, -0.05) is 127 Å². The number of furan rings is 1. The number of hydrogen-bond donors (Lipinski definition) is 0. The molecule has 3 heterocycles. The van der Waals surface area contributed by atoms with Gasteiger partial charge in [-0.25, -0.2) is 4.98 Å². The van der Waals surface area contributed by atoms with Gasteiger partial charge in [0.1, 0.15) is 11.1 Å². The van der Waals surface area contributed by atoms with Gasteiger partial charge in [-0.3, -0.25) is 0 Å². The van der Waals surface area contributed by atoms with Gasteiger partial charge in [-0.05, 0) is 73.6 Å². The third-order valence-electron chi connectivity index (χ3n) is 9.25. The highest BCUT2D eigenvalue weighted by atomic mass is 32.1. The van der Waals surface area contributed by atoms with Crippen LogP contribution in [0.5, 0.6) is 0 Å². The monoisotopic (exact) mass is 603 g/mol. The van der Waals surface area contributed by atoms with Crippen molar-refractivity contribution < 1.29 is 4.42 Å². The summed E-state index contributed by atoms with van der Waals surface area (Å²) in [5.74, 6) is 0. The second-order valence-corrected chi connectivity index (χ2v) is 12.9. The molecule has 3 aromatic heterocycles. The fourth-order valence-corrected chi connectivity index (χ4v) is 8.49. The summed E-state index contributed by atoms with van der Waals surface area (Å²) in [7, 11) is 0. The molecule has 0 bridgehead atoms. The number of para-hydroxylation sites is 1. The topological polar surface area (TPSA) is 26.0 Å². The van der Waals surface area contributed by atoms with Crippen molar-refractivity contribution in [3.63, 3.8) is 0 Å². The van der Waals surface area contributed by atoms with Crippen molar-refractivity contribution >= 4 is 75.3 Å². The van der Waals surface area contributed by atoms with Crippen molar-refractivity contribution in [2.75, 3.05) is 0 Å². The van der Waals surface area contributed by atoms with Crippen molar-refractivity contribution in [1.82, 2.24) is 4.98 Å². The largest absolute Gasteiger partial charge is 0.454 e. The van der Waals surface area contributed by atoms with E-state index in [1.165, 1.54) is 53.9 Å². The molecular weight excluding hydrogens is 579 g/mol. The lowest BCUT2D eigenvalue weighted by Crippen LogP contribution is -1.91. The summed E-state index contributed by atoms with van der Waals surface area (Å²) in [4.78, 5) is 5.26. The van der Waals surface area contributed by atoms with Gasteiger partial charge >= 0.3 is 0 Å². The Morgan fingerprint density at radius 1 is 0.413 bits per heavy atom. The van der Waals surface area contributed by atoms with Crippen molar-refractivity contribution in [1.29, 1.82) is 0 Å². The number of benzene rings is 7. The van der Waals surface area contributed by atoms with Gasteiger partial charge in [0.15, 0.2) is 5.58 Å². The summed E-state index contributed by atoms with van der Waals surface area (Å²) in [6.45, 7) is 0. The van der Waals surface area contributed by atoms with Crippen molar-refractivity contribution in [3.8, 4) is 33.4 Å². The lowest BCUT2D eigenvalue weighted by Gasteiger charge is -2.18. The second-order valence-electron chi connectivity index (χ2n) is 11.8. The predicted octanol–water partition coefficient (Wildman–Crippen LogP) is 12.7. The molecule has 214 valence electrons. The van der Waals surface area contributed by atoms with E-state index < -0.39 is 0 Å². The summed E-state index contributed by atoms with van der Waals surface area (Å²) in [5, 5.41) is 7.22. The zero-order valence-electron chi connectivity index (χ0n) is 24.7. The van der Waals surface area contributed by atoms with E-state index in [2.05, 4.69) is 140 Å². The van der Waals surface area contributed by atoms with Crippen LogP contribution in [-0.2, 0) is 0 Å². The van der Waals surface area contributed by atoms with E-state index in [1.807, 2.05) is 12.1 Å². The van der Waals surface area contributed by atoms with Crippen LogP contribution in [0, 0.1) is 0 Å². The van der Waals surface area contributed by atoms with E-state index in [4.69, 9.17) is 9.40 Å². The highest BCUT2D eigenvalue weighted by Crippen LogP contribution is 2.47. The molecule has 10 aromatic rings. The Morgan fingerprint density at radius 2 is 0.935 bits per heavy atom. The van der Waals surface area contributed by atoms with Crippen LogP contribution >= 0.6 is 11.3 Å². The number of aromatic nitrogens is 1. The quantitative estimate of drug-likeness (QED) is 0.188. The first-order valence-electron chi connectivity index (χ1n) is 15.6. The molecule has 0 unspecified atom stereocenters. The maximum atomic E-state index is 6.64. The van der Waals surface area contributed by atoms with Gasteiger partial charge in [0.2, 0.25) is 0 Å². The molecule has 7 aromatic carbocycles. The Morgan fingerprint density at radius 3 is 1.63 bits per heavy atom. The van der Waals surface area contributed by atoms with E-state index in [0.29, 0.717) is 0 Å². The van der Waals surface area contributed by atoms with Gasteiger partial charge in [0.25, 0.3) is 0 Å². The SMILES string of the molecule is c1ccc(-c2c3ccccc3c(-c3cccc(-c4c5oc6ccccc6c5nc5c4sc4ccccc45)c3)c3ccccc23)cc1. The van der Waals surface area contributed by atoms with Crippen LogP contribution in [0.25, 0.3) is 97.3 Å². The smallest absolute Gasteiger partial charge is 0.163 e. The van der Waals surface area contributed by atoms with E-state index in [-0.39, 0.29) is 0 Å². The molecule has 0 saturated heterocycles. The number of hydrogen-bond acceptors (Lipinski definition) is 3. The number of pyridine rings is 1. The first kappa shape index (κ1) is 25.5. The predicted molar refractivity (Wildman–Crippen MR) is 196 cm³/mol. The first-order valence-corrected chi connectivity index (χ1v) is 16.4. The zero-order valence-corrected chi connectivity index (χ0v) is 25.5. The summed E-state index contributed by atoms with van der Waals surface area (Å²) >= 11 is 1.79. The number of fused-ring (bicyclic) bond motifs is 8. The summed E-state index contributed by atoms with van der Waals surface area (Å²) < 4.78 is 9.02. The standard InChI is InChI=1S/C43H25NOS/c1-2-13-26(14-3-1)37-29-17-4-6-19-31(29)38(32-20-7-5-18-30(32)37)27-15-12-16-28(25-27)39-42-40(33-21-8-10-23-35(33)45-42)44-41-34-22-9-11-24-36(34)46-43(39)41/h1-25H. The fourth-order valence-electron chi connectivity index (χ4n) is 7.29. The highest BCUT2D eigenvalue weighted by molar-refractivity contribution is 7.26. The molecule has 0 amide bonds. The zero-order chi connectivity index (χ0) is 30.2. The molecule has 0 aliphatic rings. The van der Waals surface area contributed by atoms with Crippen LogP contribution in [0.3, 0.4) is 0 Å². The second kappa shape index (κ2) is 9.87. The molecule has 0 N–H and O–H groups in total. The van der Waals surface area contributed by atoms with Gasteiger partial charge in [0.05, 0.1) is 10.2 Å². The summed E-state index contributed by atoms with van der Waals surface area (Å²) in [6, 6.07) is 54.2. The fraction of sp³-hybridized carbons (Fsp3) is 0. The molecule has 0 spiro atoms. The number of rotatable bonds is 3. The van der Waals surface area contributed by atoms with E-state index in [9.17, 15) is 0 Å². The van der Waals surface area contributed by atoms with Gasteiger partial charge in [-0.15, -0.1) is 11.3 Å². The van der Waals surface area contributed by atoms with Gasteiger partial charge in [0, 0.05) is 21.0 Å². The van der Waals surface area contributed by atoms with Crippen molar-refractivity contribution in [2.24, 2.45) is 0 Å². The molecule has 10 rings (SSSR count). The van der Waals surface area contributed by atoms with Gasteiger partial charge < -0.3 is 4.42 Å². The van der Waals surface area contributed by atoms with Crippen molar-refractivity contribution in [3.05, 3.63) is 152 Å². The average molecular weight is 604 g/mol. The molecule has 0 radical (unpaired) electrons. The number of nitrogens with zero attached hydrogens (tertiary/aromatic N) is 1. The van der Waals surface area contributed by atoms with Crippen LogP contribution in [0.2, 0.25) is 0 Å². The minimum Gasteiger partial charge on any atom is -0.454 e. The Balaban J connectivity index is 1.31. The maximum Gasteiger partial charge on any atom is 0.163 e. The van der Waals surface area contributed by atoms with E-state index in [1.54, 1.807) is 11.3 Å². The Hall–Kier alpha value is -5.77. The van der Waals surface area contributed by atoms with Crippen LogP contribution < -0.4 is 0 Å². The average Bonchev–Trinajstić information content (AvgIpc) is 3.68. The molecule has 2 nitrogen and oxygen atoms in total. The lowest BCUT2D eigenvalue weighted by molar-refractivity contribution is 0.670. The minimum atomic E-state index is 0.839. The highest BCUT2D eigenvalue weighted by Gasteiger charge is 2.22. The van der Waals surface area contributed by atoms with Crippen LogP contribution in [-0.4, -0.2) is 4.98 Å². The minimum absolute atomic E-state index is 0.839. The molecule has 0 saturated carbocycles. The molecule has 0 aliphatic heterocycles. The third kappa shape index (κ3) is 3.67. The van der Waals surface area contributed by atoms with Crippen LogP contribution in [0.15, 0.2) is 156 Å². The lowest BCUT2D eigenvalue weighted by atomic mass is 9.85. The first-order chi connectivity index (χ1) is 22.8. The van der Waals surface area contributed by atoms with Crippen molar-refractivity contribution in [2.45, 2.75) is 0 Å². The molecule has 46 heavy (non-hydrogen) atoms. The van der Waals surface area contributed by atoms with E-state index >= 15 is 0 Å². The van der Waals surface area contributed by atoms with Crippen LogP contribution in [0.1, 0.15) is 0 Å². The molecule has 0 aliphatic carbocycles. The van der Waals surface area contributed by atoms with E-state index in [0.717, 1.165) is 43.4 Å². The molecule has 0 fully saturated rings. The Labute approximate surface area is 268 Å². The normalized spacial score (nSPS) is 11.9. The summed E-state index contributed by atoms with van der Waals surface area (Å²) in [6.07, 6.45) is 0. The maximum absolute atomic E-state index is 6.64. The molecule has 0 atom stereocenters.